The van der Waals surface area contributed by atoms with E-state index in [1.165, 1.54) is 11.3 Å². The number of carbonyl (C=O) groups is 1. The van der Waals surface area contributed by atoms with Crippen LogP contribution < -0.4 is 9.47 Å². The number of ether oxygens (including phenoxy) is 2. The topological polar surface area (TPSA) is 64.5 Å². The number of piperidine rings is 1. The van der Waals surface area contributed by atoms with Crippen LogP contribution in [0, 0.1) is 0 Å². The van der Waals surface area contributed by atoms with Crippen molar-refractivity contribution in [1.29, 1.82) is 0 Å². The van der Waals surface area contributed by atoms with Crippen molar-refractivity contribution in [1.82, 2.24) is 14.9 Å². The smallest absolute Gasteiger partial charge is 0.273 e. The minimum atomic E-state index is -0.0306. The zero-order valence-electron chi connectivity index (χ0n) is 17.9. The molecule has 1 aliphatic heterocycles. The van der Waals surface area contributed by atoms with Crippen molar-refractivity contribution in [3.63, 3.8) is 0 Å². The minimum Gasteiger partial charge on any atom is -0.493 e. The first-order valence-electron chi connectivity index (χ1n) is 10.5. The molecule has 4 aromatic rings. The lowest BCUT2D eigenvalue weighted by Crippen LogP contribution is -2.38. The van der Waals surface area contributed by atoms with Crippen molar-refractivity contribution < 1.29 is 14.3 Å². The van der Waals surface area contributed by atoms with Crippen molar-refractivity contribution in [3.05, 3.63) is 58.5 Å². The molecule has 1 fully saturated rings. The number of benzene rings is 2. The van der Waals surface area contributed by atoms with Gasteiger partial charge in [-0.3, -0.25) is 4.79 Å². The summed E-state index contributed by atoms with van der Waals surface area (Å²) in [6.07, 6.45) is 3.02. The van der Waals surface area contributed by atoms with E-state index in [4.69, 9.17) is 14.5 Å². The highest BCUT2D eigenvalue weighted by Crippen LogP contribution is 2.37. The number of nitrogens with zero attached hydrogens (tertiary/aromatic N) is 3. The van der Waals surface area contributed by atoms with E-state index in [0.717, 1.165) is 51.6 Å². The second kappa shape index (κ2) is 8.88. The van der Waals surface area contributed by atoms with Crippen molar-refractivity contribution in [2.45, 2.75) is 25.3 Å². The molecule has 1 saturated heterocycles. The molecule has 1 amide bonds. The molecule has 6 nitrogen and oxygen atoms in total. The predicted molar refractivity (Wildman–Crippen MR) is 128 cm³/mol. The summed E-state index contributed by atoms with van der Waals surface area (Å²) < 4.78 is 11.9. The van der Waals surface area contributed by atoms with Gasteiger partial charge in [-0.15, -0.1) is 22.7 Å². The van der Waals surface area contributed by atoms with E-state index in [0.29, 0.717) is 17.2 Å². The molecule has 0 aliphatic carbocycles. The number of amides is 1. The van der Waals surface area contributed by atoms with E-state index in [9.17, 15) is 4.79 Å². The molecule has 164 valence electrons. The third-order valence-electron chi connectivity index (χ3n) is 5.71. The summed E-state index contributed by atoms with van der Waals surface area (Å²) in [5.41, 5.74) is 2.37. The summed E-state index contributed by atoms with van der Waals surface area (Å²) in [4.78, 5) is 24.9. The number of likely N-dealkylation sites (tertiary alicyclic amines) is 1. The summed E-state index contributed by atoms with van der Waals surface area (Å²) >= 11 is 3.14. The molecule has 0 saturated carbocycles. The van der Waals surface area contributed by atoms with E-state index in [1.807, 2.05) is 46.7 Å². The average molecular weight is 466 g/mol. The van der Waals surface area contributed by atoms with Crippen LogP contribution in [0.2, 0.25) is 0 Å². The van der Waals surface area contributed by atoms with Crippen molar-refractivity contribution in [3.8, 4) is 22.1 Å². The molecule has 2 aromatic heterocycles. The van der Waals surface area contributed by atoms with Gasteiger partial charge in [0.2, 0.25) is 0 Å². The maximum Gasteiger partial charge on any atom is 0.273 e. The Hall–Kier alpha value is -2.97. The average Bonchev–Trinajstić information content (AvgIpc) is 3.51. The first-order valence-corrected chi connectivity index (χ1v) is 12.2. The predicted octanol–water partition coefficient (Wildman–Crippen LogP) is 5.80. The number of carbonyl (C=O) groups excluding carboxylic acids is 1. The highest BCUT2D eigenvalue weighted by atomic mass is 32.1. The number of fused-ring (bicyclic) bond motifs is 1. The second-order valence-corrected chi connectivity index (χ2v) is 9.56. The Balaban J connectivity index is 1.42. The summed E-state index contributed by atoms with van der Waals surface area (Å²) in [5.74, 6) is 1.27. The molecule has 0 spiro atoms. The van der Waals surface area contributed by atoms with Gasteiger partial charge in [0.15, 0.2) is 11.5 Å². The molecule has 0 bridgehead atoms. The second-order valence-electron chi connectivity index (χ2n) is 7.64. The third-order valence-corrected chi connectivity index (χ3v) is 7.74. The molecular formula is C24H23N3O3S2. The molecule has 2 aromatic carbocycles. The van der Waals surface area contributed by atoms with Crippen molar-refractivity contribution >= 4 is 38.8 Å². The molecule has 1 atom stereocenters. The van der Waals surface area contributed by atoms with E-state index in [1.54, 1.807) is 25.6 Å². The summed E-state index contributed by atoms with van der Waals surface area (Å²) in [5, 5.41) is 3.63. The van der Waals surface area contributed by atoms with Gasteiger partial charge in [-0.2, -0.15) is 0 Å². The van der Waals surface area contributed by atoms with E-state index in [-0.39, 0.29) is 11.9 Å². The van der Waals surface area contributed by atoms with Gasteiger partial charge in [0.1, 0.15) is 15.7 Å². The van der Waals surface area contributed by atoms with Gasteiger partial charge in [0.05, 0.1) is 30.5 Å². The van der Waals surface area contributed by atoms with Gasteiger partial charge < -0.3 is 14.4 Å². The molecule has 1 aliphatic rings. The molecule has 32 heavy (non-hydrogen) atoms. The SMILES string of the molecule is COc1ccc(-c2nc(C(=O)N3CCCC[C@H]3c3nc4ccccc4s3)cs2)cc1OC. The van der Waals surface area contributed by atoms with Gasteiger partial charge in [0, 0.05) is 17.5 Å². The van der Waals surface area contributed by atoms with Gasteiger partial charge in [-0.25, -0.2) is 9.97 Å². The van der Waals surface area contributed by atoms with Crippen LogP contribution in [0.25, 0.3) is 20.8 Å². The molecule has 3 heterocycles. The standard InChI is InChI=1S/C24H23N3O3S2/c1-29-19-11-10-15(13-20(19)30-2)22-26-17(14-31-22)24(28)27-12-6-5-8-18(27)23-25-16-7-3-4-9-21(16)32-23/h3-4,7,9-11,13-14,18H,5-6,8,12H2,1-2H3/t18-/m0/s1. The highest BCUT2D eigenvalue weighted by molar-refractivity contribution is 7.18. The van der Waals surface area contributed by atoms with Crippen LogP contribution in [0.4, 0.5) is 0 Å². The van der Waals surface area contributed by atoms with Crippen molar-refractivity contribution in [2.75, 3.05) is 20.8 Å². The van der Waals surface area contributed by atoms with Crippen LogP contribution in [-0.4, -0.2) is 41.5 Å². The Kier molecular flexibility index (Phi) is 5.80. The van der Waals surface area contributed by atoms with Crippen LogP contribution in [0.5, 0.6) is 11.5 Å². The van der Waals surface area contributed by atoms with Gasteiger partial charge in [-0.1, -0.05) is 12.1 Å². The van der Waals surface area contributed by atoms with Crippen LogP contribution >= 0.6 is 22.7 Å². The van der Waals surface area contributed by atoms with Gasteiger partial charge in [0.25, 0.3) is 5.91 Å². The molecule has 0 unspecified atom stereocenters. The number of methoxy groups -OCH3 is 2. The Bertz CT molecular complexity index is 1230. The summed E-state index contributed by atoms with van der Waals surface area (Å²) in [6, 6.07) is 13.8. The molecule has 0 N–H and O–H groups in total. The lowest BCUT2D eigenvalue weighted by atomic mass is 10.0. The number of thiazole rings is 2. The first-order chi connectivity index (χ1) is 15.7. The Morgan fingerprint density at radius 2 is 1.91 bits per heavy atom. The fourth-order valence-corrected chi connectivity index (χ4v) is 5.99. The highest BCUT2D eigenvalue weighted by Gasteiger charge is 2.32. The summed E-state index contributed by atoms with van der Waals surface area (Å²) in [7, 11) is 3.22. The molecule has 0 radical (unpaired) electrons. The van der Waals surface area contributed by atoms with Crippen LogP contribution in [-0.2, 0) is 0 Å². The van der Waals surface area contributed by atoms with E-state index >= 15 is 0 Å². The Morgan fingerprint density at radius 1 is 1.06 bits per heavy atom. The minimum absolute atomic E-state index is 0.000111. The summed E-state index contributed by atoms with van der Waals surface area (Å²) in [6.45, 7) is 0.725. The van der Waals surface area contributed by atoms with E-state index in [2.05, 4.69) is 11.1 Å². The molecular weight excluding hydrogens is 442 g/mol. The Morgan fingerprint density at radius 3 is 2.72 bits per heavy atom. The zero-order chi connectivity index (χ0) is 22.1. The first kappa shape index (κ1) is 20.9. The molecule has 8 heteroatoms. The van der Waals surface area contributed by atoms with Gasteiger partial charge in [-0.05, 0) is 49.6 Å². The maximum absolute atomic E-state index is 13.5. The lowest BCUT2D eigenvalue weighted by molar-refractivity contribution is 0.0606. The monoisotopic (exact) mass is 465 g/mol. The van der Waals surface area contributed by atoms with Gasteiger partial charge >= 0.3 is 0 Å². The largest absolute Gasteiger partial charge is 0.493 e. The van der Waals surface area contributed by atoms with Crippen molar-refractivity contribution in [2.24, 2.45) is 0 Å². The number of hydrogen-bond donors (Lipinski definition) is 0. The Labute approximate surface area is 194 Å². The van der Waals surface area contributed by atoms with Crippen LogP contribution in [0.1, 0.15) is 40.8 Å². The number of para-hydroxylation sites is 1. The van der Waals surface area contributed by atoms with Crippen LogP contribution in [0.3, 0.4) is 0 Å². The zero-order valence-corrected chi connectivity index (χ0v) is 19.5. The van der Waals surface area contributed by atoms with Crippen LogP contribution in [0.15, 0.2) is 47.8 Å². The van der Waals surface area contributed by atoms with E-state index < -0.39 is 0 Å². The molecule has 5 rings (SSSR count). The maximum atomic E-state index is 13.5. The lowest BCUT2D eigenvalue weighted by Gasteiger charge is -2.34. The number of hydrogen-bond acceptors (Lipinski definition) is 7. The fourth-order valence-electron chi connectivity index (χ4n) is 4.08. The number of rotatable bonds is 5. The normalized spacial score (nSPS) is 16.3. The quantitative estimate of drug-likeness (QED) is 0.372. The third kappa shape index (κ3) is 3.84. The fraction of sp³-hybridized carbons (Fsp3) is 0.292. The number of aromatic nitrogens is 2.